The first-order valence-electron chi connectivity index (χ1n) is 4.13. The number of allylic oxidation sites excluding steroid dienone is 1. The van der Waals surface area contributed by atoms with Crippen molar-refractivity contribution in [1.82, 2.24) is 0 Å². The first-order chi connectivity index (χ1) is 7.32. The number of carboxylic acid groups (broad SMARTS) is 1. The summed E-state index contributed by atoms with van der Waals surface area (Å²) >= 11 is 3.05. The fourth-order valence-electron chi connectivity index (χ4n) is 1.32. The molecule has 7 nitrogen and oxygen atoms in total. The van der Waals surface area contributed by atoms with E-state index in [1.165, 1.54) is 7.11 Å². The van der Waals surface area contributed by atoms with E-state index in [4.69, 9.17) is 15.6 Å². The predicted octanol–water partition coefficient (Wildman–Crippen LogP) is 0.442. The number of carbonyl (C=O) groups is 1. The summed E-state index contributed by atoms with van der Waals surface area (Å²) in [6.07, 6.45) is 2.12. The lowest BCUT2D eigenvalue weighted by Gasteiger charge is -2.26. The van der Waals surface area contributed by atoms with Gasteiger partial charge in [-0.1, -0.05) is 0 Å². The van der Waals surface area contributed by atoms with Crippen LogP contribution in [0.5, 0.6) is 0 Å². The van der Waals surface area contributed by atoms with Crippen molar-refractivity contribution < 1.29 is 19.6 Å². The van der Waals surface area contributed by atoms with E-state index in [9.17, 15) is 14.9 Å². The Labute approximate surface area is 98.8 Å². The number of nitro groups is 1. The van der Waals surface area contributed by atoms with Gasteiger partial charge in [-0.05, 0) is 22.0 Å². The van der Waals surface area contributed by atoms with E-state index in [1.54, 1.807) is 0 Å². The summed E-state index contributed by atoms with van der Waals surface area (Å²) in [6, 6.07) is 0. The van der Waals surface area contributed by atoms with Gasteiger partial charge in [0.2, 0.25) is 0 Å². The third-order valence-corrected chi connectivity index (χ3v) is 2.87. The normalized spacial score (nSPS) is 29.1. The molecule has 0 heterocycles. The molecule has 2 atom stereocenters. The zero-order valence-corrected chi connectivity index (χ0v) is 9.80. The zero-order chi connectivity index (χ0) is 12.5. The predicted molar refractivity (Wildman–Crippen MR) is 57.1 cm³/mol. The quantitative estimate of drug-likeness (QED) is 0.443. The molecule has 0 saturated heterocycles. The van der Waals surface area contributed by atoms with Crippen LogP contribution in [0.1, 0.15) is 0 Å². The largest absolute Gasteiger partial charge is 0.496 e. The second kappa shape index (κ2) is 4.22. The molecular weight excluding hydrogens is 284 g/mol. The highest BCUT2D eigenvalue weighted by Crippen LogP contribution is 2.33. The van der Waals surface area contributed by atoms with Crippen LogP contribution in [-0.4, -0.2) is 28.8 Å². The van der Waals surface area contributed by atoms with Crippen LogP contribution in [0, 0.1) is 16.0 Å². The maximum atomic E-state index is 10.9. The van der Waals surface area contributed by atoms with Crippen molar-refractivity contribution in [3.63, 3.8) is 0 Å². The fraction of sp³-hybridized carbons (Fsp3) is 0.375. The molecule has 0 radical (unpaired) electrons. The van der Waals surface area contributed by atoms with Crippen molar-refractivity contribution >= 4 is 21.9 Å². The smallest absolute Gasteiger partial charge is 0.319 e. The Morgan fingerprint density at radius 3 is 2.75 bits per heavy atom. The monoisotopic (exact) mass is 292 g/mol. The van der Waals surface area contributed by atoms with Gasteiger partial charge in [-0.2, -0.15) is 0 Å². The molecule has 0 aliphatic heterocycles. The van der Waals surface area contributed by atoms with E-state index < -0.39 is 22.5 Å². The van der Waals surface area contributed by atoms with E-state index in [2.05, 4.69) is 15.9 Å². The van der Waals surface area contributed by atoms with E-state index in [-0.39, 0.29) is 5.76 Å². The molecule has 8 heteroatoms. The average Bonchev–Trinajstić information content (AvgIpc) is 2.20. The van der Waals surface area contributed by atoms with Gasteiger partial charge in [0, 0.05) is 4.92 Å². The van der Waals surface area contributed by atoms with E-state index in [0.717, 1.165) is 12.2 Å². The molecule has 0 amide bonds. The summed E-state index contributed by atoms with van der Waals surface area (Å²) in [5.74, 6) is -2.69. The first-order valence-corrected chi connectivity index (χ1v) is 4.93. The highest BCUT2D eigenvalue weighted by molar-refractivity contribution is 9.11. The molecule has 88 valence electrons. The Morgan fingerprint density at radius 2 is 2.38 bits per heavy atom. The standard InChI is InChI=1S/C8H9BrN2O5/c1-16-6-3-8(10,11(14)15)4(7(12)13)2-5(6)9/h2-4H,10H2,1H3,(H,12,13). The minimum Gasteiger partial charge on any atom is -0.496 e. The second-order valence-corrected chi connectivity index (χ2v) is 4.04. The molecular formula is C8H9BrN2O5. The second-order valence-electron chi connectivity index (χ2n) is 3.19. The van der Waals surface area contributed by atoms with Gasteiger partial charge in [0.25, 0.3) is 0 Å². The third-order valence-electron chi connectivity index (χ3n) is 2.21. The molecule has 1 aliphatic carbocycles. The summed E-state index contributed by atoms with van der Waals surface area (Å²) in [7, 11) is 1.31. The molecule has 0 fully saturated rings. The number of carboxylic acids is 1. The van der Waals surface area contributed by atoms with Gasteiger partial charge in [0.15, 0.2) is 5.92 Å². The number of hydrogen-bond donors (Lipinski definition) is 2. The Balaban J connectivity index is 3.29. The van der Waals surface area contributed by atoms with Crippen LogP contribution in [0.25, 0.3) is 0 Å². The molecule has 0 aromatic heterocycles. The number of rotatable bonds is 3. The molecule has 1 rings (SSSR count). The maximum absolute atomic E-state index is 10.9. The Bertz CT molecular complexity index is 405. The summed E-state index contributed by atoms with van der Waals surface area (Å²) in [5.41, 5.74) is 3.27. The molecule has 0 bridgehead atoms. The topological polar surface area (TPSA) is 116 Å². The van der Waals surface area contributed by atoms with Gasteiger partial charge in [-0.25, -0.2) is 0 Å². The molecule has 2 unspecified atom stereocenters. The fourth-order valence-corrected chi connectivity index (χ4v) is 1.86. The van der Waals surface area contributed by atoms with Crippen LogP contribution >= 0.6 is 15.9 Å². The lowest BCUT2D eigenvalue weighted by Crippen LogP contribution is -2.55. The number of hydrogen-bond acceptors (Lipinski definition) is 5. The van der Waals surface area contributed by atoms with Gasteiger partial charge in [0.1, 0.15) is 5.76 Å². The Kier molecular flexibility index (Phi) is 3.34. The minimum absolute atomic E-state index is 0.136. The van der Waals surface area contributed by atoms with Crippen LogP contribution in [-0.2, 0) is 9.53 Å². The number of nitrogens with zero attached hydrogens (tertiary/aromatic N) is 1. The summed E-state index contributed by atoms with van der Waals surface area (Å²) in [5, 5.41) is 19.7. The van der Waals surface area contributed by atoms with E-state index >= 15 is 0 Å². The van der Waals surface area contributed by atoms with Gasteiger partial charge in [0.05, 0.1) is 17.7 Å². The summed E-state index contributed by atoms with van der Waals surface area (Å²) < 4.78 is 5.17. The number of halogens is 1. The van der Waals surface area contributed by atoms with Gasteiger partial charge < -0.3 is 9.84 Å². The number of aliphatic carboxylic acids is 1. The van der Waals surface area contributed by atoms with Crippen molar-refractivity contribution in [3.05, 3.63) is 32.5 Å². The van der Waals surface area contributed by atoms with Crippen molar-refractivity contribution in [2.45, 2.75) is 5.66 Å². The average molecular weight is 293 g/mol. The highest BCUT2D eigenvalue weighted by atomic mass is 79.9. The van der Waals surface area contributed by atoms with E-state index in [1.807, 2.05) is 0 Å². The number of nitrogens with two attached hydrogens (primary N) is 1. The van der Waals surface area contributed by atoms with Crippen molar-refractivity contribution in [3.8, 4) is 0 Å². The minimum atomic E-state index is -2.20. The van der Waals surface area contributed by atoms with Crippen LogP contribution in [0.4, 0.5) is 0 Å². The molecule has 0 spiro atoms. The molecule has 0 saturated carbocycles. The van der Waals surface area contributed by atoms with Crippen LogP contribution < -0.4 is 5.73 Å². The third kappa shape index (κ3) is 1.93. The SMILES string of the molecule is COC1=CC(N)([N+](=O)[O-])C(C(=O)O)C=C1Br. The van der Waals surface area contributed by atoms with Crippen molar-refractivity contribution in [2.24, 2.45) is 11.7 Å². The molecule has 3 N–H and O–H groups in total. The lowest BCUT2D eigenvalue weighted by atomic mass is 9.89. The maximum Gasteiger partial charge on any atom is 0.319 e. The van der Waals surface area contributed by atoms with Crippen LogP contribution in [0.15, 0.2) is 22.4 Å². The lowest BCUT2D eigenvalue weighted by molar-refractivity contribution is -0.560. The van der Waals surface area contributed by atoms with Gasteiger partial charge in [-0.15, -0.1) is 0 Å². The van der Waals surface area contributed by atoms with Gasteiger partial charge in [-0.3, -0.25) is 20.6 Å². The Morgan fingerprint density at radius 1 is 1.81 bits per heavy atom. The molecule has 1 aliphatic rings. The number of ether oxygens (including phenoxy) is 1. The van der Waals surface area contributed by atoms with E-state index in [0.29, 0.717) is 4.48 Å². The number of methoxy groups -OCH3 is 1. The Hall–Kier alpha value is -1.41. The van der Waals surface area contributed by atoms with Gasteiger partial charge >= 0.3 is 11.6 Å². The van der Waals surface area contributed by atoms with Crippen LogP contribution in [0.3, 0.4) is 0 Å². The molecule has 0 aromatic carbocycles. The van der Waals surface area contributed by atoms with Crippen molar-refractivity contribution in [1.29, 1.82) is 0 Å². The molecule has 16 heavy (non-hydrogen) atoms. The van der Waals surface area contributed by atoms with Crippen LogP contribution in [0.2, 0.25) is 0 Å². The first kappa shape index (κ1) is 12.7. The highest BCUT2D eigenvalue weighted by Gasteiger charge is 2.51. The molecule has 0 aromatic rings. The zero-order valence-electron chi connectivity index (χ0n) is 8.21. The van der Waals surface area contributed by atoms with Crippen molar-refractivity contribution in [2.75, 3.05) is 7.11 Å². The summed E-state index contributed by atoms with van der Waals surface area (Å²) in [4.78, 5) is 20.9. The summed E-state index contributed by atoms with van der Waals surface area (Å²) in [6.45, 7) is 0.